The zero-order valence-corrected chi connectivity index (χ0v) is 13.3. The van der Waals surface area contributed by atoms with E-state index < -0.39 is 5.97 Å². The van der Waals surface area contributed by atoms with Crippen LogP contribution in [-0.4, -0.2) is 37.2 Å². The Labute approximate surface area is 130 Å². The van der Waals surface area contributed by atoms with Crippen molar-refractivity contribution in [3.63, 3.8) is 0 Å². The number of hydrogen-bond acceptors (Lipinski definition) is 4. The standard InChI is InChI=1S/C16H21ClN2O2/c1-19(2)11-13-5-3-4-6-15(13)18-21-16(20)12-7-9-14(17)10-8-12/h7-10,13H,3-6,11H2,1-2H3/b18-15-/t13-/m0/s1. The van der Waals surface area contributed by atoms with Gasteiger partial charge in [0.1, 0.15) is 0 Å². The zero-order valence-electron chi connectivity index (χ0n) is 12.5. The minimum Gasteiger partial charge on any atom is -0.313 e. The normalized spacial score (nSPS) is 20.8. The highest BCUT2D eigenvalue weighted by Crippen LogP contribution is 2.22. The first-order chi connectivity index (χ1) is 10.1. The van der Waals surface area contributed by atoms with E-state index in [1.165, 1.54) is 6.42 Å². The van der Waals surface area contributed by atoms with Crippen LogP contribution in [0.15, 0.2) is 29.4 Å². The van der Waals surface area contributed by atoms with Gasteiger partial charge in [0.15, 0.2) is 0 Å². The molecule has 2 rings (SSSR count). The molecule has 0 spiro atoms. The van der Waals surface area contributed by atoms with Crippen molar-refractivity contribution in [3.8, 4) is 0 Å². The third-order valence-electron chi connectivity index (χ3n) is 3.62. The van der Waals surface area contributed by atoms with E-state index in [1.807, 2.05) is 14.1 Å². The lowest BCUT2D eigenvalue weighted by atomic mass is 9.87. The third-order valence-corrected chi connectivity index (χ3v) is 3.87. The lowest BCUT2D eigenvalue weighted by Gasteiger charge is -2.25. The summed E-state index contributed by atoms with van der Waals surface area (Å²) in [6.45, 7) is 0.942. The number of hydrogen-bond donors (Lipinski definition) is 0. The molecule has 0 N–H and O–H groups in total. The van der Waals surface area contributed by atoms with Crippen molar-refractivity contribution in [1.82, 2.24) is 4.90 Å². The molecule has 1 atom stereocenters. The average molecular weight is 309 g/mol. The highest BCUT2D eigenvalue weighted by molar-refractivity contribution is 6.30. The lowest BCUT2D eigenvalue weighted by Crippen LogP contribution is -2.30. The molecule has 21 heavy (non-hydrogen) atoms. The number of carbonyl (C=O) groups excluding carboxylic acids is 1. The topological polar surface area (TPSA) is 41.9 Å². The van der Waals surface area contributed by atoms with Gasteiger partial charge in [-0.25, -0.2) is 4.79 Å². The van der Waals surface area contributed by atoms with Crippen molar-refractivity contribution >= 4 is 23.3 Å². The van der Waals surface area contributed by atoms with Gasteiger partial charge in [-0.15, -0.1) is 0 Å². The maximum absolute atomic E-state index is 11.9. The van der Waals surface area contributed by atoms with Gasteiger partial charge in [0.2, 0.25) is 0 Å². The Hall–Kier alpha value is -1.39. The highest BCUT2D eigenvalue weighted by Gasteiger charge is 2.22. The van der Waals surface area contributed by atoms with E-state index in [0.29, 0.717) is 16.5 Å². The minimum absolute atomic E-state index is 0.381. The number of halogens is 1. The van der Waals surface area contributed by atoms with Gasteiger partial charge < -0.3 is 9.74 Å². The Morgan fingerprint density at radius 3 is 2.71 bits per heavy atom. The molecule has 114 valence electrons. The summed E-state index contributed by atoms with van der Waals surface area (Å²) < 4.78 is 0. The first kappa shape index (κ1) is 16.0. The molecule has 0 aliphatic heterocycles. The molecule has 0 heterocycles. The van der Waals surface area contributed by atoms with E-state index in [1.54, 1.807) is 24.3 Å². The zero-order chi connectivity index (χ0) is 15.2. The van der Waals surface area contributed by atoms with Gasteiger partial charge in [0.05, 0.1) is 11.3 Å². The van der Waals surface area contributed by atoms with Gasteiger partial charge in [-0.05, 0) is 57.6 Å². The summed E-state index contributed by atoms with van der Waals surface area (Å²) in [4.78, 5) is 19.2. The molecular weight excluding hydrogens is 288 g/mol. The van der Waals surface area contributed by atoms with E-state index in [4.69, 9.17) is 16.4 Å². The number of rotatable bonds is 4. The van der Waals surface area contributed by atoms with Gasteiger partial charge >= 0.3 is 5.97 Å². The Bertz CT molecular complexity index is 512. The number of nitrogens with zero attached hydrogens (tertiary/aromatic N) is 2. The fraction of sp³-hybridized carbons (Fsp3) is 0.500. The van der Waals surface area contributed by atoms with Crippen LogP contribution in [-0.2, 0) is 4.84 Å². The summed E-state index contributed by atoms with van der Waals surface area (Å²) in [5.41, 5.74) is 1.46. The van der Waals surface area contributed by atoms with Crippen LogP contribution >= 0.6 is 11.6 Å². The van der Waals surface area contributed by atoms with E-state index in [9.17, 15) is 4.79 Å². The first-order valence-electron chi connectivity index (χ1n) is 7.24. The number of benzene rings is 1. The predicted molar refractivity (Wildman–Crippen MR) is 84.8 cm³/mol. The molecule has 0 unspecified atom stereocenters. The van der Waals surface area contributed by atoms with Crippen molar-refractivity contribution in [2.45, 2.75) is 25.7 Å². The SMILES string of the molecule is CN(C)C[C@@H]1CCCC/C1=N/OC(=O)c1ccc(Cl)cc1. The molecule has 1 saturated carbocycles. The summed E-state index contributed by atoms with van der Waals surface area (Å²) in [6, 6.07) is 6.62. The lowest BCUT2D eigenvalue weighted by molar-refractivity contribution is 0.0511. The summed E-state index contributed by atoms with van der Waals surface area (Å²) in [7, 11) is 4.10. The van der Waals surface area contributed by atoms with Crippen LogP contribution in [0.3, 0.4) is 0 Å². The van der Waals surface area contributed by atoms with Gasteiger partial charge in [-0.1, -0.05) is 23.2 Å². The first-order valence-corrected chi connectivity index (χ1v) is 7.62. The quantitative estimate of drug-likeness (QED) is 0.630. The number of oxime groups is 1. The molecule has 0 amide bonds. The molecule has 0 aromatic heterocycles. The van der Waals surface area contributed by atoms with Crippen molar-refractivity contribution in [2.75, 3.05) is 20.6 Å². The van der Waals surface area contributed by atoms with Gasteiger partial charge in [0, 0.05) is 17.5 Å². The van der Waals surface area contributed by atoms with Crippen molar-refractivity contribution in [1.29, 1.82) is 0 Å². The molecule has 0 bridgehead atoms. The van der Waals surface area contributed by atoms with Crippen molar-refractivity contribution < 1.29 is 9.63 Å². The van der Waals surface area contributed by atoms with E-state index in [2.05, 4.69) is 10.1 Å². The fourth-order valence-electron chi connectivity index (χ4n) is 2.56. The molecule has 0 saturated heterocycles. The summed E-state index contributed by atoms with van der Waals surface area (Å²) >= 11 is 5.80. The Morgan fingerprint density at radius 1 is 1.33 bits per heavy atom. The third kappa shape index (κ3) is 4.83. The number of carbonyl (C=O) groups is 1. The van der Waals surface area contributed by atoms with Crippen LogP contribution in [0.2, 0.25) is 5.02 Å². The van der Waals surface area contributed by atoms with E-state index >= 15 is 0 Å². The molecule has 1 aromatic carbocycles. The second kappa shape index (κ2) is 7.57. The fourth-order valence-corrected chi connectivity index (χ4v) is 2.69. The Morgan fingerprint density at radius 2 is 2.05 bits per heavy atom. The largest absolute Gasteiger partial charge is 0.365 e. The molecule has 1 aromatic rings. The molecule has 5 heteroatoms. The van der Waals surface area contributed by atoms with Gasteiger partial charge in [0.25, 0.3) is 0 Å². The molecule has 4 nitrogen and oxygen atoms in total. The van der Waals surface area contributed by atoms with Crippen molar-refractivity contribution in [3.05, 3.63) is 34.9 Å². The predicted octanol–water partition coefficient (Wildman–Crippen LogP) is 3.60. The van der Waals surface area contributed by atoms with Crippen LogP contribution in [0.5, 0.6) is 0 Å². The van der Waals surface area contributed by atoms with Gasteiger partial charge in [-0.2, -0.15) is 0 Å². The van der Waals surface area contributed by atoms with Crippen molar-refractivity contribution in [2.24, 2.45) is 11.1 Å². The highest BCUT2D eigenvalue weighted by atomic mass is 35.5. The Kier molecular flexibility index (Phi) is 5.76. The molecule has 1 aliphatic rings. The van der Waals surface area contributed by atoms with E-state index in [-0.39, 0.29) is 0 Å². The van der Waals surface area contributed by atoms with Crippen LogP contribution in [0, 0.1) is 5.92 Å². The summed E-state index contributed by atoms with van der Waals surface area (Å²) in [6.07, 6.45) is 4.34. The van der Waals surface area contributed by atoms with Crippen LogP contribution in [0.1, 0.15) is 36.0 Å². The average Bonchev–Trinajstić information content (AvgIpc) is 2.46. The summed E-state index contributed by atoms with van der Waals surface area (Å²) in [5, 5.41) is 4.72. The Balaban J connectivity index is 2.00. The van der Waals surface area contributed by atoms with Crippen LogP contribution in [0.25, 0.3) is 0 Å². The smallest absolute Gasteiger partial charge is 0.313 e. The molecular formula is C16H21ClN2O2. The maximum Gasteiger partial charge on any atom is 0.365 e. The van der Waals surface area contributed by atoms with Gasteiger partial charge in [-0.3, -0.25) is 0 Å². The monoisotopic (exact) mass is 308 g/mol. The van der Waals surface area contributed by atoms with E-state index in [0.717, 1.165) is 31.5 Å². The second-order valence-corrected chi connectivity index (χ2v) is 6.11. The van der Waals surface area contributed by atoms with Crippen LogP contribution in [0.4, 0.5) is 0 Å². The van der Waals surface area contributed by atoms with Crippen LogP contribution < -0.4 is 0 Å². The summed E-state index contributed by atoms with van der Waals surface area (Å²) in [5.74, 6) is -0.0555. The maximum atomic E-state index is 11.9. The molecule has 1 fully saturated rings. The molecule has 1 aliphatic carbocycles. The minimum atomic E-state index is -0.437. The molecule has 0 radical (unpaired) electrons. The second-order valence-electron chi connectivity index (χ2n) is 5.67.